The second kappa shape index (κ2) is 3.92. The first-order chi connectivity index (χ1) is 8.24. The third-order valence-electron chi connectivity index (χ3n) is 2.71. The van der Waals surface area contributed by atoms with E-state index in [1.54, 1.807) is 0 Å². The van der Waals surface area contributed by atoms with Crippen molar-refractivity contribution >= 4 is 5.97 Å². The minimum absolute atomic E-state index is 0.0423. The maximum atomic E-state index is 11.1. The molecule has 0 aliphatic carbocycles. The lowest BCUT2D eigenvalue weighted by molar-refractivity contribution is -0.147. The summed E-state index contributed by atoms with van der Waals surface area (Å²) in [5.41, 5.74) is 0.868. The van der Waals surface area contributed by atoms with E-state index < -0.39 is 0 Å². The second-order valence-electron chi connectivity index (χ2n) is 4.01. The minimum Gasteiger partial charge on any atom is -0.455 e. The van der Waals surface area contributed by atoms with Crippen LogP contribution in [0.25, 0.3) is 0 Å². The summed E-state index contributed by atoms with van der Waals surface area (Å²) < 4.78 is 21.0. The predicted molar refractivity (Wildman–Crippen MR) is 56.8 cm³/mol. The van der Waals surface area contributed by atoms with E-state index >= 15 is 0 Å². The number of hydrogen-bond donors (Lipinski definition) is 0. The molecule has 2 heterocycles. The fourth-order valence-electron chi connectivity index (χ4n) is 1.86. The molecule has 0 bridgehead atoms. The highest BCUT2D eigenvalue weighted by atomic mass is 16.7. The number of ether oxygens (including phenoxy) is 4. The van der Waals surface area contributed by atoms with Crippen molar-refractivity contribution in [1.82, 2.24) is 0 Å². The Morgan fingerprint density at radius 3 is 2.88 bits per heavy atom. The molecule has 1 aromatic rings. The number of esters is 1. The summed E-state index contributed by atoms with van der Waals surface area (Å²) in [5, 5.41) is 0. The molecule has 5 nitrogen and oxygen atoms in total. The van der Waals surface area contributed by atoms with Gasteiger partial charge in [-0.1, -0.05) is 6.07 Å². The molecule has 0 spiro atoms. The summed E-state index contributed by atoms with van der Waals surface area (Å²) in [6, 6.07) is 5.51. The van der Waals surface area contributed by atoms with Gasteiger partial charge in [-0.3, -0.25) is 4.79 Å². The Kier molecular flexibility index (Phi) is 2.40. The van der Waals surface area contributed by atoms with E-state index in [1.807, 2.05) is 18.2 Å². The lowest BCUT2D eigenvalue weighted by atomic mass is 10.1. The first kappa shape index (κ1) is 10.4. The van der Waals surface area contributed by atoms with Crippen LogP contribution in [-0.4, -0.2) is 25.5 Å². The number of hydrogen-bond acceptors (Lipinski definition) is 5. The van der Waals surface area contributed by atoms with E-state index in [4.69, 9.17) is 18.9 Å². The summed E-state index contributed by atoms with van der Waals surface area (Å²) in [7, 11) is 0. The summed E-state index contributed by atoms with van der Waals surface area (Å²) >= 11 is 0. The molecule has 3 rings (SSSR count). The first-order valence-corrected chi connectivity index (χ1v) is 5.42. The van der Waals surface area contributed by atoms with Gasteiger partial charge in [-0.15, -0.1) is 0 Å². The molecule has 1 aromatic carbocycles. The van der Waals surface area contributed by atoms with E-state index in [1.165, 1.54) is 6.92 Å². The van der Waals surface area contributed by atoms with E-state index in [2.05, 4.69) is 0 Å². The lowest BCUT2D eigenvalue weighted by Crippen LogP contribution is -2.14. The number of fused-ring (bicyclic) bond motifs is 1. The monoisotopic (exact) mass is 236 g/mol. The Morgan fingerprint density at radius 1 is 1.41 bits per heavy atom. The topological polar surface area (TPSA) is 57.3 Å². The molecule has 0 radical (unpaired) electrons. The van der Waals surface area contributed by atoms with Gasteiger partial charge in [-0.2, -0.15) is 0 Å². The van der Waals surface area contributed by atoms with Gasteiger partial charge in [0.25, 0.3) is 0 Å². The van der Waals surface area contributed by atoms with Crippen LogP contribution in [-0.2, 0) is 14.3 Å². The largest absolute Gasteiger partial charge is 0.455 e. The highest BCUT2D eigenvalue weighted by Crippen LogP contribution is 2.38. The summed E-state index contributed by atoms with van der Waals surface area (Å²) in [6.45, 7) is 2.24. The molecule has 0 N–H and O–H groups in total. The molecular weight excluding hydrogens is 224 g/mol. The van der Waals surface area contributed by atoms with Crippen LogP contribution in [0.15, 0.2) is 18.2 Å². The van der Waals surface area contributed by atoms with Gasteiger partial charge >= 0.3 is 5.97 Å². The van der Waals surface area contributed by atoms with Crippen LogP contribution in [0.2, 0.25) is 0 Å². The summed E-state index contributed by atoms with van der Waals surface area (Å²) in [5.74, 6) is 1.08. The first-order valence-electron chi connectivity index (χ1n) is 5.42. The van der Waals surface area contributed by atoms with Gasteiger partial charge in [-0.25, -0.2) is 0 Å². The molecule has 2 aliphatic heterocycles. The number of benzene rings is 1. The van der Waals surface area contributed by atoms with Crippen molar-refractivity contribution < 1.29 is 23.7 Å². The quantitative estimate of drug-likeness (QED) is 0.586. The molecule has 2 unspecified atom stereocenters. The van der Waals surface area contributed by atoms with Crippen molar-refractivity contribution in [2.24, 2.45) is 0 Å². The van der Waals surface area contributed by atoms with Gasteiger partial charge < -0.3 is 18.9 Å². The van der Waals surface area contributed by atoms with Crippen LogP contribution in [0, 0.1) is 0 Å². The van der Waals surface area contributed by atoms with E-state index in [-0.39, 0.29) is 25.0 Å². The summed E-state index contributed by atoms with van der Waals surface area (Å²) in [6.07, 6.45) is -0.402. The van der Waals surface area contributed by atoms with Crippen LogP contribution < -0.4 is 9.47 Å². The van der Waals surface area contributed by atoms with Crippen molar-refractivity contribution in [3.05, 3.63) is 23.8 Å². The van der Waals surface area contributed by atoms with Gasteiger partial charge in [0.15, 0.2) is 17.6 Å². The molecule has 2 atom stereocenters. The lowest BCUT2D eigenvalue weighted by Gasteiger charge is -2.15. The van der Waals surface area contributed by atoms with Crippen LogP contribution in [0.1, 0.15) is 18.6 Å². The second-order valence-corrected chi connectivity index (χ2v) is 4.01. The van der Waals surface area contributed by atoms with Crippen LogP contribution in [0.5, 0.6) is 11.5 Å². The third kappa shape index (κ3) is 2.06. The standard InChI is InChI=1S/C12H12O5/c1-7(13)17-12(11-5-14-11)8-2-3-9-10(4-8)16-6-15-9/h2-4,11-12H,5-6H2,1H3. The summed E-state index contributed by atoms with van der Waals surface area (Å²) in [4.78, 5) is 11.1. The number of carbonyl (C=O) groups is 1. The Balaban J connectivity index is 1.87. The minimum atomic E-state index is -0.359. The maximum Gasteiger partial charge on any atom is 0.303 e. The van der Waals surface area contributed by atoms with Gasteiger partial charge in [0.1, 0.15) is 6.10 Å². The third-order valence-corrected chi connectivity index (χ3v) is 2.71. The average molecular weight is 236 g/mol. The van der Waals surface area contributed by atoms with Crippen LogP contribution >= 0.6 is 0 Å². The Morgan fingerprint density at radius 2 is 2.18 bits per heavy atom. The van der Waals surface area contributed by atoms with Gasteiger partial charge in [0, 0.05) is 6.92 Å². The van der Waals surface area contributed by atoms with Crippen molar-refractivity contribution in [2.45, 2.75) is 19.1 Å². The van der Waals surface area contributed by atoms with E-state index in [9.17, 15) is 4.79 Å². The molecular formula is C12H12O5. The van der Waals surface area contributed by atoms with Crippen molar-refractivity contribution in [3.8, 4) is 11.5 Å². The zero-order chi connectivity index (χ0) is 11.8. The molecule has 0 aromatic heterocycles. The smallest absolute Gasteiger partial charge is 0.303 e. The normalized spacial score (nSPS) is 22.1. The zero-order valence-corrected chi connectivity index (χ0v) is 9.34. The van der Waals surface area contributed by atoms with E-state index in [0.717, 1.165) is 5.56 Å². The van der Waals surface area contributed by atoms with Crippen LogP contribution in [0.3, 0.4) is 0 Å². The zero-order valence-electron chi connectivity index (χ0n) is 9.34. The Labute approximate surface area is 98.2 Å². The maximum absolute atomic E-state index is 11.1. The van der Waals surface area contributed by atoms with Crippen molar-refractivity contribution in [2.75, 3.05) is 13.4 Å². The number of carbonyl (C=O) groups excluding carboxylic acids is 1. The van der Waals surface area contributed by atoms with Crippen molar-refractivity contribution in [1.29, 1.82) is 0 Å². The Bertz CT molecular complexity index is 452. The molecule has 1 saturated heterocycles. The molecule has 90 valence electrons. The highest BCUT2D eigenvalue weighted by molar-refractivity contribution is 5.66. The molecule has 0 saturated carbocycles. The fraction of sp³-hybridized carbons (Fsp3) is 0.417. The fourth-order valence-corrected chi connectivity index (χ4v) is 1.86. The predicted octanol–water partition coefficient (Wildman–Crippen LogP) is 1.42. The van der Waals surface area contributed by atoms with Gasteiger partial charge in [0.2, 0.25) is 6.79 Å². The Hall–Kier alpha value is -1.75. The molecule has 17 heavy (non-hydrogen) atoms. The van der Waals surface area contributed by atoms with E-state index in [0.29, 0.717) is 18.1 Å². The SMILES string of the molecule is CC(=O)OC(c1ccc2c(c1)OCO2)C1CO1. The molecule has 5 heteroatoms. The highest BCUT2D eigenvalue weighted by Gasteiger charge is 2.37. The van der Waals surface area contributed by atoms with Gasteiger partial charge in [0.05, 0.1) is 6.61 Å². The molecule has 2 aliphatic rings. The number of epoxide rings is 1. The van der Waals surface area contributed by atoms with Crippen LogP contribution in [0.4, 0.5) is 0 Å². The molecule has 0 amide bonds. The van der Waals surface area contributed by atoms with Crippen molar-refractivity contribution in [3.63, 3.8) is 0 Å². The number of rotatable bonds is 3. The average Bonchev–Trinajstić information content (AvgIpc) is 3.03. The van der Waals surface area contributed by atoms with Gasteiger partial charge in [-0.05, 0) is 17.7 Å². The molecule has 1 fully saturated rings.